The fraction of sp³-hybridized carbons (Fsp3) is 0.500. The highest BCUT2D eigenvalue weighted by Gasteiger charge is 2.26. The predicted molar refractivity (Wildman–Crippen MR) is 61.8 cm³/mol. The van der Waals surface area contributed by atoms with Crippen LogP contribution in [-0.2, 0) is 9.47 Å². The minimum Gasteiger partial charge on any atom is -0.376 e. The molecule has 1 aromatic carbocycles. The molecule has 0 amide bonds. The number of nitrogens with two attached hydrogens (primary N) is 1. The highest BCUT2D eigenvalue weighted by Crippen LogP contribution is 2.23. The number of rotatable bonds is 3. The van der Waals surface area contributed by atoms with Gasteiger partial charge in [-0.05, 0) is 18.1 Å². The van der Waals surface area contributed by atoms with Gasteiger partial charge in [-0.15, -0.1) is 0 Å². The van der Waals surface area contributed by atoms with Crippen molar-refractivity contribution in [2.45, 2.75) is 19.1 Å². The number of ether oxygens (including phenoxy) is 2. The molecule has 2 unspecified atom stereocenters. The van der Waals surface area contributed by atoms with Gasteiger partial charge in [0.1, 0.15) is 6.10 Å². The smallest absolute Gasteiger partial charge is 0.102 e. The van der Waals surface area contributed by atoms with Crippen molar-refractivity contribution in [3.63, 3.8) is 0 Å². The summed E-state index contributed by atoms with van der Waals surface area (Å²) in [6.07, 6.45) is -0.0140. The molecule has 3 N–H and O–H groups in total. The van der Waals surface area contributed by atoms with Crippen LogP contribution in [0.5, 0.6) is 0 Å². The minimum absolute atomic E-state index is 0.0125. The lowest BCUT2D eigenvalue weighted by Gasteiger charge is -2.31. The zero-order chi connectivity index (χ0) is 11.4. The molecule has 1 saturated heterocycles. The Kier molecular flexibility index (Phi) is 3.90. The van der Waals surface area contributed by atoms with E-state index in [1.807, 2.05) is 12.1 Å². The molecule has 0 spiro atoms. The third-order valence-electron chi connectivity index (χ3n) is 2.92. The molecule has 2 atom stereocenters. The van der Waals surface area contributed by atoms with Crippen LogP contribution in [0, 0.1) is 6.92 Å². The summed E-state index contributed by atoms with van der Waals surface area (Å²) in [6, 6.07) is 8.16. The number of aryl methyl sites for hydroxylation is 1. The monoisotopic (exact) mass is 222 g/mol. The van der Waals surface area contributed by atoms with E-state index in [0.717, 1.165) is 0 Å². The van der Waals surface area contributed by atoms with Gasteiger partial charge in [-0.3, -0.25) is 11.3 Å². The maximum absolute atomic E-state index is 5.67. The van der Waals surface area contributed by atoms with E-state index in [9.17, 15) is 0 Å². The third kappa shape index (κ3) is 2.41. The molecule has 16 heavy (non-hydrogen) atoms. The Hall–Kier alpha value is -0.940. The Morgan fingerprint density at radius 1 is 1.38 bits per heavy atom. The average Bonchev–Trinajstić information content (AvgIpc) is 2.34. The van der Waals surface area contributed by atoms with E-state index < -0.39 is 0 Å². The van der Waals surface area contributed by atoms with Crippen molar-refractivity contribution in [3.05, 3.63) is 35.4 Å². The number of hydrogen-bond donors (Lipinski definition) is 2. The third-order valence-corrected chi connectivity index (χ3v) is 2.92. The maximum Gasteiger partial charge on any atom is 0.102 e. The fourth-order valence-electron chi connectivity index (χ4n) is 2.03. The summed E-state index contributed by atoms with van der Waals surface area (Å²) >= 11 is 0. The van der Waals surface area contributed by atoms with E-state index in [-0.39, 0.29) is 12.1 Å². The van der Waals surface area contributed by atoms with E-state index in [1.54, 1.807) is 0 Å². The van der Waals surface area contributed by atoms with Gasteiger partial charge in [0.25, 0.3) is 0 Å². The van der Waals surface area contributed by atoms with Crippen LogP contribution in [0.2, 0.25) is 0 Å². The van der Waals surface area contributed by atoms with Crippen molar-refractivity contribution in [1.82, 2.24) is 5.43 Å². The molecule has 1 aliphatic heterocycles. The number of hydrazine groups is 1. The van der Waals surface area contributed by atoms with Crippen LogP contribution in [0.4, 0.5) is 0 Å². The van der Waals surface area contributed by atoms with Gasteiger partial charge in [0.2, 0.25) is 0 Å². The maximum atomic E-state index is 5.67. The van der Waals surface area contributed by atoms with Crippen molar-refractivity contribution in [3.8, 4) is 0 Å². The lowest BCUT2D eigenvalue weighted by atomic mass is 9.97. The molecule has 1 aliphatic rings. The van der Waals surface area contributed by atoms with Crippen LogP contribution in [-0.4, -0.2) is 25.9 Å². The van der Waals surface area contributed by atoms with Crippen LogP contribution in [0.3, 0.4) is 0 Å². The lowest BCUT2D eigenvalue weighted by Crippen LogP contribution is -2.43. The zero-order valence-corrected chi connectivity index (χ0v) is 9.48. The standard InChI is InChI=1S/C12H18N2O2/c1-9-4-2-3-5-10(9)12(14-13)11-8-15-6-7-16-11/h2-5,11-12,14H,6-8,13H2,1H3. The normalized spacial score (nSPS) is 23.0. The van der Waals surface area contributed by atoms with Gasteiger partial charge in [-0.2, -0.15) is 0 Å². The summed E-state index contributed by atoms with van der Waals surface area (Å²) in [7, 11) is 0. The lowest BCUT2D eigenvalue weighted by molar-refractivity contribution is -0.102. The van der Waals surface area contributed by atoms with Crippen molar-refractivity contribution < 1.29 is 9.47 Å². The first-order chi connectivity index (χ1) is 7.83. The molecule has 0 bridgehead atoms. The Morgan fingerprint density at radius 2 is 2.19 bits per heavy atom. The van der Waals surface area contributed by atoms with Crippen molar-refractivity contribution in [2.75, 3.05) is 19.8 Å². The molecule has 0 saturated carbocycles. The highest BCUT2D eigenvalue weighted by molar-refractivity contribution is 5.29. The highest BCUT2D eigenvalue weighted by atomic mass is 16.6. The second-order valence-electron chi connectivity index (χ2n) is 3.99. The van der Waals surface area contributed by atoms with Crippen molar-refractivity contribution >= 4 is 0 Å². The van der Waals surface area contributed by atoms with Gasteiger partial charge in [0.15, 0.2) is 0 Å². The topological polar surface area (TPSA) is 56.5 Å². The summed E-state index contributed by atoms with van der Waals surface area (Å²) < 4.78 is 11.1. The molecule has 0 radical (unpaired) electrons. The molecule has 1 heterocycles. The molecular formula is C12H18N2O2. The molecule has 88 valence electrons. The Balaban J connectivity index is 2.18. The van der Waals surface area contributed by atoms with E-state index >= 15 is 0 Å². The van der Waals surface area contributed by atoms with E-state index in [2.05, 4.69) is 24.5 Å². The van der Waals surface area contributed by atoms with Crippen molar-refractivity contribution in [1.29, 1.82) is 0 Å². The van der Waals surface area contributed by atoms with Crippen molar-refractivity contribution in [2.24, 2.45) is 5.84 Å². The SMILES string of the molecule is Cc1ccccc1C(NN)C1COCCO1. The molecule has 0 aliphatic carbocycles. The number of nitrogens with one attached hydrogen (secondary N) is 1. The van der Waals surface area contributed by atoms with Gasteiger partial charge < -0.3 is 9.47 Å². The van der Waals surface area contributed by atoms with Gasteiger partial charge in [-0.25, -0.2) is 0 Å². The summed E-state index contributed by atoms with van der Waals surface area (Å²) in [6.45, 7) is 3.96. The van der Waals surface area contributed by atoms with Gasteiger partial charge in [0.05, 0.1) is 25.9 Å². The molecule has 1 aromatic rings. The van der Waals surface area contributed by atoms with Gasteiger partial charge in [0, 0.05) is 0 Å². The summed E-state index contributed by atoms with van der Waals surface area (Å²) in [5.74, 6) is 5.62. The first kappa shape index (κ1) is 11.5. The first-order valence-electron chi connectivity index (χ1n) is 5.54. The molecule has 4 nitrogen and oxygen atoms in total. The summed E-state index contributed by atoms with van der Waals surface area (Å²) in [5, 5.41) is 0. The number of hydrogen-bond acceptors (Lipinski definition) is 4. The predicted octanol–water partition coefficient (Wildman–Crippen LogP) is 0.915. The largest absolute Gasteiger partial charge is 0.376 e. The molecule has 0 aromatic heterocycles. The second kappa shape index (κ2) is 5.41. The molecular weight excluding hydrogens is 204 g/mol. The van der Waals surface area contributed by atoms with Crippen LogP contribution in [0.1, 0.15) is 17.2 Å². The van der Waals surface area contributed by atoms with Gasteiger partial charge in [-0.1, -0.05) is 24.3 Å². The average molecular weight is 222 g/mol. The van der Waals surface area contributed by atoms with Crippen LogP contribution in [0.25, 0.3) is 0 Å². The fourth-order valence-corrected chi connectivity index (χ4v) is 2.03. The Morgan fingerprint density at radius 3 is 2.81 bits per heavy atom. The number of benzene rings is 1. The van der Waals surface area contributed by atoms with E-state index in [0.29, 0.717) is 19.8 Å². The molecule has 2 rings (SSSR count). The van der Waals surface area contributed by atoms with E-state index in [1.165, 1.54) is 11.1 Å². The Bertz CT molecular complexity index is 338. The Labute approximate surface area is 95.7 Å². The second-order valence-corrected chi connectivity index (χ2v) is 3.99. The minimum atomic E-state index is -0.0140. The molecule has 1 fully saturated rings. The quantitative estimate of drug-likeness (QED) is 0.589. The summed E-state index contributed by atoms with van der Waals surface area (Å²) in [5.41, 5.74) is 5.20. The molecule has 4 heteroatoms. The first-order valence-corrected chi connectivity index (χ1v) is 5.54. The van der Waals surface area contributed by atoms with Gasteiger partial charge >= 0.3 is 0 Å². The van der Waals surface area contributed by atoms with E-state index in [4.69, 9.17) is 15.3 Å². The van der Waals surface area contributed by atoms with Crippen LogP contribution < -0.4 is 11.3 Å². The summed E-state index contributed by atoms with van der Waals surface area (Å²) in [4.78, 5) is 0. The van der Waals surface area contributed by atoms with Crippen LogP contribution >= 0.6 is 0 Å². The zero-order valence-electron chi connectivity index (χ0n) is 9.48. The van der Waals surface area contributed by atoms with Crippen LogP contribution in [0.15, 0.2) is 24.3 Å².